The zero-order valence-electron chi connectivity index (χ0n) is 16.5. The summed E-state index contributed by atoms with van der Waals surface area (Å²) in [5.74, 6) is -0.866. The number of hydrogen-bond donors (Lipinski definition) is 6. The molecule has 0 aliphatic carbocycles. The summed E-state index contributed by atoms with van der Waals surface area (Å²) in [6, 6.07) is 7.82. The third-order valence-corrected chi connectivity index (χ3v) is 5.54. The molecule has 0 bridgehead atoms. The summed E-state index contributed by atoms with van der Waals surface area (Å²) < 4.78 is 59.4. The highest BCUT2D eigenvalue weighted by molar-refractivity contribution is 7.86. The molecule has 1 heterocycles. The standard InChI is InChI=1S/2C7H8O4S.C4H10N2/c2*1-5-2-3-7(6(8)4-5)12(9,10)11;1-2-6-4-3-5-1/h2*2-4,8H,1H3,(H,9,10,11);5-6H,1-4H2. The average molecular weight is 463 g/mol. The van der Waals surface area contributed by atoms with Crippen LogP contribution in [0.1, 0.15) is 11.1 Å². The Bertz CT molecular complexity index is 959. The SMILES string of the molecule is C1CNCCN1.Cc1ccc(S(=O)(=O)O)c(O)c1.Cc1ccc(S(=O)(=O)O)c(O)c1. The molecule has 168 valence electrons. The van der Waals surface area contributed by atoms with E-state index < -0.39 is 41.5 Å². The predicted molar refractivity (Wildman–Crippen MR) is 111 cm³/mol. The molecule has 3 rings (SSSR count). The van der Waals surface area contributed by atoms with Crippen molar-refractivity contribution >= 4 is 20.2 Å². The van der Waals surface area contributed by atoms with Crippen LogP contribution in [0.4, 0.5) is 0 Å². The van der Waals surface area contributed by atoms with Gasteiger partial charge in [-0.2, -0.15) is 16.8 Å². The lowest BCUT2D eigenvalue weighted by molar-refractivity contribution is 0.441. The molecule has 6 N–H and O–H groups in total. The molecule has 30 heavy (non-hydrogen) atoms. The van der Waals surface area contributed by atoms with Crippen molar-refractivity contribution < 1.29 is 36.2 Å². The van der Waals surface area contributed by atoms with Crippen molar-refractivity contribution in [2.45, 2.75) is 23.6 Å². The van der Waals surface area contributed by atoms with Gasteiger partial charge in [0.1, 0.15) is 21.3 Å². The van der Waals surface area contributed by atoms with Crippen molar-refractivity contribution in [1.29, 1.82) is 0 Å². The molecular formula is C18H26N2O8S2. The van der Waals surface area contributed by atoms with E-state index in [-0.39, 0.29) is 0 Å². The van der Waals surface area contributed by atoms with Gasteiger partial charge in [-0.3, -0.25) is 9.11 Å². The van der Waals surface area contributed by atoms with Crippen molar-refractivity contribution in [2.75, 3.05) is 26.2 Å². The zero-order valence-corrected chi connectivity index (χ0v) is 18.2. The lowest BCUT2D eigenvalue weighted by Gasteiger charge is -2.11. The van der Waals surface area contributed by atoms with Crippen LogP contribution in [0.3, 0.4) is 0 Å². The number of phenols is 2. The van der Waals surface area contributed by atoms with E-state index in [2.05, 4.69) is 10.6 Å². The molecule has 1 fully saturated rings. The van der Waals surface area contributed by atoms with Gasteiger partial charge in [0.25, 0.3) is 20.2 Å². The Morgan fingerprint density at radius 1 is 0.667 bits per heavy atom. The minimum Gasteiger partial charge on any atom is -0.506 e. The van der Waals surface area contributed by atoms with Crippen LogP contribution in [0.15, 0.2) is 46.2 Å². The Labute approximate surface area is 176 Å². The summed E-state index contributed by atoms with van der Waals surface area (Å²) >= 11 is 0. The fraction of sp³-hybridized carbons (Fsp3) is 0.333. The van der Waals surface area contributed by atoms with Gasteiger partial charge in [-0.15, -0.1) is 0 Å². The lowest BCUT2D eigenvalue weighted by Crippen LogP contribution is -2.39. The number of aryl methyl sites for hydroxylation is 2. The summed E-state index contributed by atoms with van der Waals surface area (Å²) in [4.78, 5) is -0.929. The highest BCUT2D eigenvalue weighted by Gasteiger charge is 2.14. The summed E-state index contributed by atoms with van der Waals surface area (Å²) in [7, 11) is -8.60. The lowest BCUT2D eigenvalue weighted by atomic mass is 10.2. The summed E-state index contributed by atoms with van der Waals surface area (Å²) in [5.41, 5.74) is 1.44. The Morgan fingerprint density at radius 2 is 0.967 bits per heavy atom. The Hall–Kier alpha value is -2.22. The molecule has 0 aromatic heterocycles. The molecule has 10 nitrogen and oxygen atoms in total. The van der Waals surface area contributed by atoms with E-state index in [4.69, 9.17) is 19.3 Å². The normalized spacial score (nSPS) is 14.0. The van der Waals surface area contributed by atoms with Gasteiger partial charge in [0.05, 0.1) is 0 Å². The van der Waals surface area contributed by atoms with E-state index in [1.807, 2.05) is 0 Å². The molecule has 0 unspecified atom stereocenters. The maximum atomic E-state index is 10.6. The second-order valence-electron chi connectivity index (χ2n) is 6.39. The third kappa shape index (κ3) is 9.07. The number of hydrogen-bond acceptors (Lipinski definition) is 8. The van der Waals surface area contributed by atoms with Crippen LogP contribution in [0.5, 0.6) is 11.5 Å². The Balaban J connectivity index is 0.000000237. The molecule has 1 aliphatic heterocycles. The van der Waals surface area contributed by atoms with Crippen LogP contribution < -0.4 is 10.6 Å². The maximum absolute atomic E-state index is 10.6. The minimum atomic E-state index is -4.30. The van der Waals surface area contributed by atoms with Crippen LogP contribution >= 0.6 is 0 Å². The second kappa shape index (κ2) is 11.2. The van der Waals surface area contributed by atoms with Crippen molar-refractivity contribution in [1.82, 2.24) is 10.6 Å². The van der Waals surface area contributed by atoms with Crippen molar-refractivity contribution in [3.8, 4) is 11.5 Å². The number of rotatable bonds is 2. The minimum absolute atomic E-state index is 0.433. The van der Waals surface area contributed by atoms with Crippen LogP contribution in [0.2, 0.25) is 0 Å². The first kappa shape index (κ1) is 25.8. The number of aromatic hydroxyl groups is 2. The number of benzene rings is 2. The van der Waals surface area contributed by atoms with E-state index in [0.717, 1.165) is 49.4 Å². The molecule has 0 atom stereocenters. The second-order valence-corrected chi connectivity index (χ2v) is 9.17. The zero-order chi connectivity index (χ0) is 22.9. The van der Waals surface area contributed by atoms with Gasteiger partial charge in [0.2, 0.25) is 0 Å². The maximum Gasteiger partial charge on any atom is 0.298 e. The van der Waals surface area contributed by atoms with E-state index in [1.54, 1.807) is 13.8 Å². The smallest absolute Gasteiger partial charge is 0.298 e. The number of piperazine rings is 1. The van der Waals surface area contributed by atoms with Crippen molar-refractivity contribution in [3.63, 3.8) is 0 Å². The highest BCUT2D eigenvalue weighted by atomic mass is 32.2. The first-order valence-corrected chi connectivity index (χ1v) is 11.7. The summed E-state index contributed by atoms with van der Waals surface area (Å²) in [6.07, 6.45) is 0. The molecule has 0 radical (unpaired) electrons. The van der Waals surface area contributed by atoms with Gasteiger partial charge in [0, 0.05) is 26.2 Å². The first-order chi connectivity index (χ1) is 13.8. The predicted octanol–water partition coefficient (Wildman–Crippen LogP) is 1.07. The van der Waals surface area contributed by atoms with E-state index in [0.29, 0.717) is 0 Å². The van der Waals surface area contributed by atoms with Crippen LogP contribution in [0.25, 0.3) is 0 Å². The Kier molecular flexibility index (Phi) is 9.68. The van der Waals surface area contributed by atoms with Gasteiger partial charge < -0.3 is 20.8 Å². The molecule has 0 saturated carbocycles. The van der Waals surface area contributed by atoms with Crippen molar-refractivity contribution in [2.24, 2.45) is 0 Å². The van der Waals surface area contributed by atoms with Gasteiger partial charge in [0.15, 0.2) is 0 Å². The molecular weight excluding hydrogens is 436 g/mol. The van der Waals surface area contributed by atoms with Crippen molar-refractivity contribution in [3.05, 3.63) is 47.5 Å². The Morgan fingerprint density at radius 3 is 1.17 bits per heavy atom. The van der Waals surface area contributed by atoms with Crippen LogP contribution in [-0.2, 0) is 20.2 Å². The quantitative estimate of drug-likeness (QED) is 0.354. The topological polar surface area (TPSA) is 173 Å². The van der Waals surface area contributed by atoms with Crippen LogP contribution in [0, 0.1) is 13.8 Å². The molecule has 0 amide bonds. The molecule has 1 saturated heterocycles. The van der Waals surface area contributed by atoms with Crippen LogP contribution in [-0.4, -0.2) is 62.3 Å². The van der Waals surface area contributed by atoms with Gasteiger partial charge >= 0.3 is 0 Å². The largest absolute Gasteiger partial charge is 0.506 e. The van der Waals surface area contributed by atoms with Gasteiger partial charge in [-0.05, 0) is 49.2 Å². The first-order valence-electron chi connectivity index (χ1n) is 8.78. The number of nitrogens with one attached hydrogen (secondary N) is 2. The molecule has 1 aliphatic rings. The summed E-state index contributed by atoms with van der Waals surface area (Å²) in [5, 5.41) is 24.6. The van der Waals surface area contributed by atoms with E-state index in [9.17, 15) is 16.8 Å². The fourth-order valence-corrected chi connectivity index (χ4v) is 3.42. The fourth-order valence-electron chi connectivity index (χ4n) is 2.29. The van der Waals surface area contributed by atoms with E-state index in [1.165, 1.54) is 24.3 Å². The number of phenolic OH excluding ortho intramolecular Hbond substituents is 2. The molecule has 12 heteroatoms. The van der Waals surface area contributed by atoms with E-state index >= 15 is 0 Å². The third-order valence-electron chi connectivity index (χ3n) is 3.74. The molecule has 2 aromatic rings. The summed E-state index contributed by atoms with van der Waals surface area (Å²) in [6.45, 7) is 7.96. The highest BCUT2D eigenvalue weighted by Crippen LogP contribution is 2.23. The molecule has 0 spiro atoms. The monoisotopic (exact) mass is 462 g/mol. The average Bonchev–Trinajstić information content (AvgIpc) is 2.62. The van der Waals surface area contributed by atoms with Gasteiger partial charge in [-0.1, -0.05) is 12.1 Å². The molecule has 2 aromatic carbocycles. The van der Waals surface area contributed by atoms with Gasteiger partial charge in [-0.25, -0.2) is 0 Å².